The maximum absolute atomic E-state index is 13.5. The summed E-state index contributed by atoms with van der Waals surface area (Å²) in [4.78, 5) is 39.5. The minimum atomic E-state index is -0.384. The fraction of sp³-hybridized carbons (Fsp3) is 0.424. The Morgan fingerprint density at radius 2 is 1.44 bits per heavy atom. The van der Waals surface area contributed by atoms with Gasteiger partial charge in [-0.1, -0.05) is 52.0 Å². The molecule has 5 rings (SSSR count). The highest BCUT2D eigenvalue weighted by Gasteiger charge is 2.46. The summed E-state index contributed by atoms with van der Waals surface area (Å²) in [5, 5.41) is 6.46. The molecule has 0 spiro atoms. The van der Waals surface area contributed by atoms with Crippen LogP contribution in [-0.4, -0.2) is 24.1 Å². The summed E-state index contributed by atoms with van der Waals surface area (Å²) in [6, 6.07) is 13.4. The van der Waals surface area contributed by atoms with Crippen LogP contribution < -0.4 is 15.4 Å². The Balaban J connectivity index is 1.39. The van der Waals surface area contributed by atoms with Crippen molar-refractivity contribution in [2.75, 3.05) is 11.9 Å². The first-order chi connectivity index (χ1) is 18.3. The van der Waals surface area contributed by atoms with Gasteiger partial charge in [-0.2, -0.15) is 0 Å². The van der Waals surface area contributed by atoms with Crippen molar-refractivity contribution in [3.05, 3.63) is 81.7 Å². The average molecular weight is 527 g/mol. The Morgan fingerprint density at radius 3 is 2.00 bits per heavy atom. The number of aryl methyl sites for hydroxylation is 2. The van der Waals surface area contributed by atoms with Crippen LogP contribution in [0.4, 0.5) is 5.69 Å². The monoisotopic (exact) mass is 526 g/mol. The van der Waals surface area contributed by atoms with E-state index in [0.717, 1.165) is 57.8 Å². The van der Waals surface area contributed by atoms with Crippen molar-refractivity contribution < 1.29 is 19.1 Å². The van der Waals surface area contributed by atoms with E-state index in [2.05, 4.69) is 38.3 Å². The van der Waals surface area contributed by atoms with Crippen LogP contribution in [0.15, 0.2) is 65.0 Å². The van der Waals surface area contributed by atoms with Gasteiger partial charge in [0.25, 0.3) is 5.91 Å². The molecule has 6 heteroatoms. The van der Waals surface area contributed by atoms with Crippen molar-refractivity contribution in [2.24, 2.45) is 10.8 Å². The lowest BCUT2D eigenvalue weighted by molar-refractivity contribution is -0.119. The summed E-state index contributed by atoms with van der Waals surface area (Å²) in [6.07, 6.45) is 2.46. The molecule has 204 valence electrons. The zero-order valence-electron chi connectivity index (χ0n) is 23.8. The van der Waals surface area contributed by atoms with Gasteiger partial charge in [-0.05, 0) is 72.4 Å². The molecule has 1 heterocycles. The van der Waals surface area contributed by atoms with E-state index < -0.39 is 0 Å². The van der Waals surface area contributed by atoms with Gasteiger partial charge in [0.15, 0.2) is 18.2 Å². The number of nitrogens with one attached hydrogen (secondary N) is 2. The first-order valence-electron chi connectivity index (χ1n) is 13.7. The highest BCUT2D eigenvalue weighted by atomic mass is 16.5. The summed E-state index contributed by atoms with van der Waals surface area (Å²) in [7, 11) is 0. The molecule has 0 aromatic heterocycles. The lowest BCUT2D eigenvalue weighted by Gasteiger charge is -2.44. The number of carbonyl (C=O) groups excluding carboxylic acids is 3. The number of Topliss-reactive ketones (excluding diaryl/α,β-unsaturated/α-hetero) is 2. The van der Waals surface area contributed by atoms with E-state index in [1.165, 1.54) is 0 Å². The highest BCUT2D eigenvalue weighted by molar-refractivity contribution is 6.06. The fourth-order valence-electron chi connectivity index (χ4n) is 6.18. The molecule has 0 bridgehead atoms. The van der Waals surface area contributed by atoms with Crippen molar-refractivity contribution in [2.45, 2.75) is 73.1 Å². The maximum Gasteiger partial charge on any atom is 0.262 e. The van der Waals surface area contributed by atoms with Crippen LogP contribution in [0, 0.1) is 24.7 Å². The zero-order chi connectivity index (χ0) is 28.1. The third-order valence-electron chi connectivity index (χ3n) is 7.97. The molecule has 39 heavy (non-hydrogen) atoms. The second-order valence-electron chi connectivity index (χ2n) is 12.9. The number of carbonyl (C=O) groups is 3. The van der Waals surface area contributed by atoms with Gasteiger partial charge in [-0.3, -0.25) is 14.4 Å². The SMILES string of the molecule is Cc1ccc(C)c(NC(=O)COc2ccc(C3C4=C(CC(C)(C)CC4=O)NC4=C3C(=O)CC(C)(C)C4)cc2)c1. The first-order valence-corrected chi connectivity index (χ1v) is 13.7. The number of ketones is 2. The van der Waals surface area contributed by atoms with Crippen molar-refractivity contribution >= 4 is 23.2 Å². The topological polar surface area (TPSA) is 84.5 Å². The minimum Gasteiger partial charge on any atom is -0.484 e. The van der Waals surface area contributed by atoms with Crippen molar-refractivity contribution in [3.8, 4) is 5.75 Å². The summed E-state index contributed by atoms with van der Waals surface area (Å²) in [5.41, 5.74) is 6.83. The molecule has 0 radical (unpaired) electrons. The Hall–Kier alpha value is -3.67. The zero-order valence-corrected chi connectivity index (χ0v) is 23.8. The van der Waals surface area contributed by atoms with Crippen LogP contribution in [0.3, 0.4) is 0 Å². The maximum atomic E-state index is 13.5. The largest absolute Gasteiger partial charge is 0.484 e. The van der Waals surface area contributed by atoms with Gasteiger partial charge < -0.3 is 15.4 Å². The Bertz CT molecular complexity index is 1370. The van der Waals surface area contributed by atoms with E-state index in [4.69, 9.17) is 4.74 Å². The van der Waals surface area contributed by atoms with Crippen LogP contribution >= 0.6 is 0 Å². The van der Waals surface area contributed by atoms with Gasteiger partial charge in [-0.15, -0.1) is 0 Å². The van der Waals surface area contributed by atoms with Gasteiger partial charge in [0.2, 0.25) is 0 Å². The molecule has 0 saturated heterocycles. The third kappa shape index (κ3) is 5.56. The second kappa shape index (κ2) is 9.82. The lowest BCUT2D eigenvalue weighted by atomic mass is 9.64. The van der Waals surface area contributed by atoms with E-state index in [9.17, 15) is 14.4 Å². The number of ether oxygens (including phenoxy) is 1. The predicted octanol–water partition coefficient (Wildman–Crippen LogP) is 6.29. The normalized spacial score (nSPS) is 20.3. The molecule has 2 aromatic carbocycles. The molecule has 1 aliphatic heterocycles. The molecule has 1 amide bonds. The molecular weight excluding hydrogens is 488 g/mol. The number of benzene rings is 2. The van der Waals surface area contributed by atoms with E-state index in [1.54, 1.807) is 0 Å². The van der Waals surface area contributed by atoms with Crippen LogP contribution in [0.5, 0.6) is 5.75 Å². The molecule has 2 aromatic rings. The van der Waals surface area contributed by atoms with Crippen molar-refractivity contribution in [1.82, 2.24) is 5.32 Å². The number of rotatable bonds is 5. The predicted molar refractivity (Wildman–Crippen MR) is 152 cm³/mol. The third-order valence-corrected chi connectivity index (χ3v) is 7.97. The van der Waals surface area contributed by atoms with E-state index in [0.29, 0.717) is 18.6 Å². The number of dihydropyridines is 1. The molecular formula is C33H38N2O4. The summed E-state index contributed by atoms with van der Waals surface area (Å²) in [5.74, 6) is 0.142. The van der Waals surface area contributed by atoms with Crippen LogP contribution in [0.2, 0.25) is 0 Å². The molecule has 0 saturated carbocycles. The van der Waals surface area contributed by atoms with Gasteiger partial charge in [0.05, 0.1) is 0 Å². The molecule has 0 fully saturated rings. The second-order valence-corrected chi connectivity index (χ2v) is 12.9. The highest BCUT2D eigenvalue weighted by Crippen LogP contribution is 2.51. The Labute approximate surface area is 230 Å². The molecule has 0 unspecified atom stereocenters. The van der Waals surface area contributed by atoms with Gasteiger partial charge >= 0.3 is 0 Å². The number of hydrogen-bond acceptors (Lipinski definition) is 5. The molecule has 2 aliphatic carbocycles. The molecule has 3 aliphatic rings. The molecule has 0 atom stereocenters. The standard InChI is InChI=1S/C33H38N2O4/c1-19-7-8-20(2)23(13-19)35-28(38)18-39-22-11-9-21(10-12-22)29-30-24(14-32(3,4)16-26(30)36)34-25-15-33(5,6)17-27(37)31(25)29/h7-13,29,34H,14-18H2,1-6H3,(H,35,38). The van der Waals surface area contributed by atoms with E-state index in [-0.39, 0.29) is 40.8 Å². The fourth-order valence-corrected chi connectivity index (χ4v) is 6.18. The summed E-state index contributed by atoms with van der Waals surface area (Å²) >= 11 is 0. The lowest BCUT2D eigenvalue weighted by Crippen LogP contribution is -2.42. The Kier molecular flexibility index (Phi) is 6.78. The van der Waals surface area contributed by atoms with Gasteiger partial charge in [0.1, 0.15) is 5.75 Å². The molecule has 6 nitrogen and oxygen atoms in total. The number of amides is 1. The average Bonchev–Trinajstić information content (AvgIpc) is 2.82. The van der Waals surface area contributed by atoms with Crippen LogP contribution in [0.25, 0.3) is 0 Å². The van der Waals surface area contributed by atoms with Gasteiger partial charge in [-0.25, -0.2) is 0 Å². The van der Waals surface area contributed by atoms with Crippen LogP contribution in [-0.2, 0) is 14.4 Å². The Morgan fingerprint density at radius 1 is 0.872 bits per heavy atom. The number of anilines is 1. The number of hydrogen-bond donors (Lipinski definition) is 2. The quantitative estimate of drug-likeness (QED) is 0.478. The van der Waals surface area contributed by atoms with E-state index >= 15 is 0 Å². The van der Waals surface area contributed by atoms with Crippen molar-refractivity contribution in [1.29, 1.82) is 0 Å². The van der Waals surface area contributed by atoms with E-state index in [1.807, 2.05) is 56.3 Å². The van der Waals surface area contributed by atoms with Crippen LogP contribution in [0.1, 0.15) is 76.0 Å². The summed E-state index contributed by atoms with van der Waals surface area (Å²) in [6.45, 7) is 12.3. The minimum absolute atomic E-state index is 0.103. The summed E-state index contributed by atoms with van der Waals surface area (Å²) < 4.78 is 5.78. The molecule has 2 N–H and O–H groups in total. The number of allylic oxidation sites excluding steroid dienone is 4. The smallest absolute Gasteiger partial charge is 0.262 e. The van der Waals surface area contributed by atoms with Gasteiger partial charge in [0, 0.05) is 47.0 Å². The first kappa shape index (κ1) is 26.9. The van der Waals surface area contributed by atoms with Crippen molar-refractivity contribution in [3.63, 3.8) is 0 Å².